The fraction of sp³-hybridized carbons (Fsp3) is 0.158. The lowest BCUT2D eigenvalue weighted by molar-refractivity contribution is 0.129. The van der Waals surface area contributed by atoms with Crippen LogP contribution in [0.4, 0.5) is 0 Å². The van der Waals surface area contributed by atoms with E-state index in [1.807, 2.05) is 12.1 Å². The van der Waals surface area contributed by atoms with Crippen LogP contribution in [0.25, 0.3) is 11.3 Å². The van der Waals surface area contributed by atoms with E-state index >= 15 is 0 Å². The van der Waals surface area contributed by atoms with Gasteiger partial charge in [-0.2, -0.15) is 0 Å². The molecule has 2 N–H and O–H groups in total. The Labute approximate surface area is 156 Å². The summed E-state index contributed by atoms with van der Waals surface area (Å²) in [6.07, 6.45) is -0.718. The third kappa shape index (κ3) is 3.17. The van der Waals surface area contributed by atoms with Crippen LogP contribution in [0.3, 0.4) is 0 Å². The van der Waals surface area contributed by atoms with Gasteiger partial charge in [-0.1, -0.05) is 41.9 Å². The average molecular weight is 390 g/mol. The van der Waals surface area contributed by atoms with Gasteiger partial charge in [0.25, 0.3) is 0 Å². The molecule has 1 aliphatic heterocycles. The molecule has 2 aromatic carbocycles. The van der Waals surface area contributed by atoms with E-state index in [4.69, 9.17) is 16.0 Å². The molecular formula is C19H16ClNO4S. The van der Waals surface area contributed by atoms with E-state index in [9.17, 15) is 13.5 Å². The first-order chi connectivity index (χ1) is 12.4. The number of aliphatic hydroxyl groups excluding tert-OH is 1. The third-order valence-electron chi connectivity index (χ3n) is 4.41. The van der Waals surface area contributed by atoms with Crippen molar-refractivity contribution >= 4 is 21.6 Å². The highest BCUT2D eigenvalue weighted by Crippen LogP contribution is 2.32. The van der Waals surface area contributed by atoms with Gasteiger partial charge in [0.1, 0.15) is 11.5 Å². The van der Waals surface area contributed by atoms with Crippen molar-refractivity contribution in [3.8, 4) is 11.3 Å². The average Bonchev–Trinajstić information content (AvgIpc) is 3.08. The maximum atomic E-state index is 12.4. The predicted molar refractivity (Wildman–Crippen MR) is 98.4 cm³/mol. The zero-order chi connectivity index (χ0) is 18.3. The topological polar surface area (TPSA) is 79.5 Å². The van der Waals surface area contributed by atoms with Gasteiger partial charge < -0.3 is 9.52 Å². The summed E-state index contributed by atoms with van der Waals surface area (Å²) in [5, 5.41) is 11.2. The molecule has 5 nitrogen and oxygen atoms in total. The Balaban J connectivity index is 1.61. The lowest BCUT2D eigenvalue weighted by atomic mass is 9.99. The molecule has 0 amide bonds. The number of fused-ring (bicyclic) bond motifs is 1. The first kappa shape index (κ1) is 17.3. The molecule has 0 saturated heterocycles. The molecule has 1 aliphatic rings. The number of furan rings is 1. The molecule has 3 aromatic rings. The molecule has 2 atom stereocenters. The lowest BCUT2D eigenvalue weighted by Gasteiger charge is -2.30. The smallest absolute Gasteiger partial charge is 0.241 e. The second kappa shape index (κ2) is 6.55. The molecule has 134 valence electrons. The van der Waals surface area contributed by atoms with Gasteiger partial charge in [-0.3, -0.25) is 0 Å². The van der Waals surface area contributed by atoms with Crippen LogP contribution in [0.5, 0.6) is 0 Å². The number of aliphatic hydroxyl groups is 1. The summed E-state index contributed by atoms with van der Waals surface area (Å²) in [4.78, 5) is 0.114. The molecule has 7 heteroatoms. The normalized spacial score (nSPS) is 21.3. The third-order valence-corrected chi connectivity index (χ3v) is 6.21. The van der Waals surface area contributed by atoms with Gasteiger partial charge in [0.15, 0.2) is 0 Å². The van der Waals surface area contributed by atoms with Crippen LogP contribution >= 0.6 is 11.6 Å². The van der Waals surface area contributed by atoms with E-state index in [0.717, 1.165) is 5.56 Å². The Kier molecular flexibility index (Phi) is 4.36. The molecule has 0 aliphatic carbocycles. The Hall–Kier alpha value is -2.12. The van der Waals surface area contributed by atoms with Gasteiger partial charge in [-0.25, -0.2) is 13.1 Å². The van der Waals surface area contributed by atoms with Gasteiger partial charge in [0.05, 0.1) is 17.0 Å². The highest BCUT2D eigenvalue weighted by molar-refractivity contribution is 7.89. The minimum absolute atomic E-state index is 0.114. The van der Waals surface area contributed by atoms with E-state index in [2.05, 4.69) is 4.72 Å². The van der Waals surface area contributed by atoms with Gasteiger partial charge in [0, 0.05) is 22.6 Å². The molecular weight excluding hydrogens is 374 g/mol. The van der Waals surface area contributed by atoms with Crippen LogP contribution in [0.2, 0.25) is 5.02 Å². The van der Waals surface area contributed by atoms with Crippen molar-refractivity contribution in [1.29, 1.82) is 0 Å². The van der Waals surface area contributed by atoms with E-state index in [0.29, 0.717) is 22.1 Å². The van der Waals surface area contributed by atoms with E-state index in [1.165, 1.54) is 6.07 Å². The minimum atomic E-state index is -3.66. The Morgan fingerprint density at radius 1 is 1.08 bits per heavy atom. The van der Waals surface area contributed by atoms with Crippen LogP contribution in [0.1, 0.15) is 17.4 Å². The van der Waals surface area contributed by atoms with Gasteiger partial charge >= 0.3 is 0 Å². The SMILES string of the molecule is O=S1(=O)N[C@@H](Cc2ccc(-c3cccc(Cl)c3)o2)[C@@H](O)c2ccccc21. The van der Waals surface area contributed by atoms with Crippen molar-refractivity contribution in [1.82, 2.24) is 4.72 Å². The summed E-state index contributed by atoms with van der Waals surface area (Å²) in [5.74, 6) is 1.21. The van der Waals surface area contributed by atoms with Crippen LogP contribution < -0.4 is 4.72 Å². The summed E-state index contributed by atoms with van der Waals surface area (Å²) in [6, 6.07) is 16.6. The van der Waals surface area contributed by atoms with Crippen LogP contribution in [-0.2, 0) is 16.4 Å². The molecule has 2 heterocycles. The second-order valence-electron chi connectivity index (χ2n) is 6.19. The number of hydrogen-bond acceptors (Lipinski definition) is 4. The zero-order valence-corrected chi connectivity index (χ0v) is 15.2. The first-order valence-electron chi connectivity index (χ1n) is 8.08. The Bertz CT molecular complexity index is 1060. The van der Waals surface area contributed by atoms with E-state index < -0.39 is 22.2 Å². The molecule has 0 fully saturated rings. The predicted octanol–water partition coefficient (Wildman–Crippen LogP) is 3.54. The monoisotopic (exact) mass is 389 g/mol. The number of benzene rings is 2. The van der Waals surface area contributed by atoms with Gasteiger partial charge in [-0.15, -0.1) is 0 Å². The van der Waals surface area contributed by atoms with Crippen LogP contribution in [-0.4, -0.2) is 19.6 Å². The molecule has 0 bridgehead atoms. The Morgan fingerprint density at radius 2 is 1.88 bits per heavy atom. The summed E-state index contributed by atoms with van der Waals surface area (Å²) in [6.45, 7) is 0. The maximum absolute atomic E-state index is 12.4. The lowest BCUT2D eigenvalue weighted by Crippen LogP contribution is -2.45. The molecule has 0 radical (unpaired) electrons. The second-order valence-corrected chi connectivity index (χ2v) is 8.31. The van der Waals surface area contributed by atoms with Crippen molar-refractivity contribution in [2.24, 2.45) is 0 Å². The maximum Gasteiger partial charge on any atom is 0.241 e. The zero-order valence-electron chi connectivity index (χ0n) is 13.6. The van der Waals surface area contributed by atoms with Gasteiger partial charge in [-0.05, 0) is 30.3 Å². The summed E-state index contributed by atoms with van der Waals surface area (Å²) >= 11 is 6.00. The van der Waals surface area contributed by atoms with Crippen LogP contribution in [0, 0.1) is 0 Å². The van der Waals surface area contributed by atoms with Crippen molar-refractivity contribution in [3.63, 3.8) is 0 Å². The number of sulfonamides is 1. The summed E-state index contributed by atoms with van der Waals surface area (Å²) in [7, 11) is -3.66. The highest BCUT2D eigenvalue weighted by Gasteiger charge is 2.36. The first-order valence-corrected chi connectivity index (χ1v) is 9.94. The molecule has 0 spiro atoms. The highest BCUT2D eigenvalue weighted by atomic mass is 35.5. The number of hydrogen-bond donors (Lipinski definition) is 2. The van der Waals surface area contributed by atoms with Crippen molar-refractivity contribution < 1.29 is 17.9 Å². The molecule has 4 rings (SSSR count). The number of rotatable bonds is 3. The van der Waals surface area contributed by atoms with E-state index in [1.54, 1.807) is 42.5 Å². The van der Waals surface area contributed by atoms with Crippen molar-refractivity contribution in [3.05, 3.63) is 77.0 Å². The number of halogens is 1. The largest absolute Gasteiger partial charge is 0.461 e. The molecule has 0 saturated carbocycles. The molecule has 1 aromatic heterocycles. The molecule has 26 heavy (non-hydrogen) atoms. The summed E-state index contributed by atoms with van der Waals surface area (Å²) in [5.41, 5.74) is 1.23. The number of nitrogens with one attached hydrogen (secondary N) is 1. The Morgan fingerprint density at radius 3 is 2.69 bits per heavy atom. The van der Waals surface area contributed by atoms with E-state index in [-0.39, 0.29) is 11.3 Å². The van der Waals surface area contributed by atoms with Gasteiger partial charge in [0.2, 0.25) is 10.0 Å². The van der Waals surface area contributed by atoms with Crippen LogP contribution in [0.15, 0.2) is 70.0 Å². The fourth-order valence-corrected chi connectivity index (χ4v) is 4.85. The van der Waals surface area contributed by atoms with Crippen molar-refractivity contribution in [2.75, 3.05) is 0 Å². The fourth-order valence-electron chi connectivity index (χ4n) is 3.17. The van der Waals surface area contributed by atoms with Crippen molar-refractivity contribution in [2.45, 2.75) is 23.5 Å². The standard InChI is InChI=1S/C19H16ClNO4S/c20-13-5-3-4-12(10-13)17-9-8-14(25-17)11-16-19(22)15-6-1-2-7-18(15)26(23,24)21-16/h1-10,16,19,21-22H,11H2/t16-,19-/m0/s1. The summed E-state index contributed by atoms with van der Waals surface area (Å²) < 4.78 is 33.2. The minimum Gasteiger partial charge on any atom is -0.461 e. The quantitative estimate of drug-likeness (QED) is 0.718. The molecule has 0 unspecified atom stereocenters.